The van der Waals surface area contributed by atoms with E-state index in [1.165, 1.54) is 15.6 Å². The van der Waals surface area contributed by atoms with Crippen molar-refractivity contribution in [2.24, 2.45) is 0 Å². The smallest absolute Gasteiger partial charge is 0.265 e. The molecule has 9 heteroatoms. The highest BCUT2D eigenvalue weighted by molar-refractivity contribution is 7.89. The number of morpholine rings is 1. The second kappa shape index (κ2) is 8.20. The van der Waals surface area contributed by atoms with Crippen molar-refractivity contribution in [3.8, 4) is 0 Å². The highest BCUT2D eigenvalue weighted by atomic mass is 32.2. The number of hydrogen-bond acceptors (Lipinski definition) is 6. The number of nitrogens with zero attached hydrogens (tertiary/aromatic N) is 2. The summed E-state index contributed by atoms with van der Waals surface area (Å²) >= 11 is 1.19. The van der Waals surface area contributed by atoms with Gasteiger partial charge in [-0.15, -0.1) is 11.3 Å². The lowest BCUT2D eigenvalue weighted by Crippen LogP contribution is -2.41. The van der Waals surface area contributed by atoms with Gasteiger partial charge in [-0.2, -0.15) is 4.31 Å². The zero-order valence-corrected chi connectivity index (χ0v) is 17.0. The maximum Gasteiger partial charge on any atom is 0.265 e. The lowest BCUT2D eigenvalue weighted by Gasteiger charge is -2.26. The van der Waals surface area contributed by atoms with Crippen LogP contribution in [0.1, 0.15) is 16.1 Å². The van der Waals surface area contributed by atoms with Crippen LogP contribution in [0, 0.1) is 0 Å². The lowest BCUT2D eigenvalue weighted by atomic mass is 10.2. The van der Waals surface area contributed by atoms with Gasteiger partial charge in [0.25, 0.3) is 5.91 Å². The van der Waals surface area contributed by atoms with Crippen LogP contribution < -0.4 is 5.32 Å². The molecule has 3 heterocycles. The monoisotopic (exact) mass is 421 g/mol. The molecule has 1 atom stereocenters. The van der Waals surface area contributed by atoms with Gasteiger partial charge in [-0.25, -0.2) is 8.42 Å². The first-order chi connectivity index (χ1) is 13.6. The summed E-state index contributed by atoms with van der Waals surface area (Å²) in [5.74, 6) is -0.209. The minimum absolute atomic E-state index is 0.115. The molecule has 2 saturated heterocycles. The lowest BCUT2D eigenvalue weighted by molar-refractivity contribution is 0.0728. The second-order valence-corrected chi connectivity index (χ2v) is 9.70. The topological polar surface area (TPSA) is 79.0 Å². The highest BCUT2D eigenvalue weighted by Crippen LogP contribution is 2.28. The summed E-state index contributed by atoms with van der Waals surface area (Å²) in [6.07, 6.45) is 0.831. The molecule has 1 aromatic carbocycles. The number of sulfonamides is 1. The fourth-order valence-corrected chi connectivity index (χ4v) is 6.33. The van der Waals surface area contributed by atoms with Crippen molar-refractivity contribution in [3.63, 3.8) is 0 Å². The zero-order chi connectivity index (χ0) is 19.6. The third-order valence-electron chi connectivity index (χ3n) is 5.03. The summed E-state index contributed by atoms with van der Waals surface area (Å²) in [7, 11) is -3.69. The van der Waals surface area contributed by atoms with Gasteiger partial charge in [-0.3, -0.25) is 4.79 Å². The van der Waals surface area contributed by atoms with E-state index in [1.807, 2.05) is 30.3 Å². The molecule has 4 rings (SSSR count). The molecular formula is C19H23N3O4S2. The molecular weight excluding hydrogens is 398 g/mol. The van der Waals surface area contributed by atoms with Gasteiger partial charge in [0.05, 0.1) is 13.2 Å². The van der Waals surface area contributed by atoms with E-state index in [2.05, 4.69) is 5.32 Å². The fourth-order valence-electron chi connectivity index (χ4n) is 3.56. The predicted molar refractivity (Wildman–Crippen MR) is 108 cm³/mol. The maximum atomic E-state index is 13.1. The number of benzene rings is 1. The van der Waals surface area contributed by atoms with Crippen LogP contribution in [0.3, 0.4) is 0 Å². The molecule has 1 N–H and O–H groups in total. The molecule has 2 fully saturated rings. The summed E-state index contributed by atoms with van der Waals surface area (Å²) in [4.78, 5) is 15.2. The SMILES string of the molecule is O=C(c1sccc1S(=O)(=O)N1CCOCC1)N1CCC(Nc2ccccc2)C1. The maximum absolute atomic E-state index is 13.1. The van der Waals surface area contributed by atoms with Crippen molar-refractivity contribution in [2.75, 3.05) is 44.7 Å². The van der Waals surface area contributed by atoms with Gasteiger partial charge < -0.3 is 15.0 Å². The van der Waals surface area contributed by atoms with Crippen LogP contribution in [0.5, 0.6) is 0 Å². The Labute approximate surface area is 169 Å². The number of carbonyl (C=O) groups is 1. The van der Waals surface area contributed by atoms with Crippen LogP contribution >= 0.6 is 11.3 Å². The molecule has 2 aliphatic rings. The number of hydrogen-bond donors (Lipinski definition) is 1. The van der Waals surface area contributed by atoms with E-state index in [-0.39, 0.29) is 16.8 Å². The number of anilines is 1. The Bertz CT molecular complexity index is 924. The van der Waals surface area contributed by atoms with Crippen molar-refractivity contribution >= 4 is 33.0 Å². The van der Waals surface area contributed by atoms with Crippen LogP contribution in [0.2, 0.25) is 0 Å². The van der Waals surface area contributed by atoms with E-state index in [0.29, 0.717) is 44.3 Å². The third kappa shape index (κ3) is 3.93. The first-order valence-electron chi connectivity index (χ1n) is 9.32. The van der Waals surface area contributed by atoms with E-state index in [4.69, 9.17) is 4.74 Å². The van der Waals surface area contributed by atoms with Crippen molar-refractivity contribution < 1.29 is 17.9 Å². The average molecular weight is 422 g/mol. The average Bonchev–Trinajstić information content (AvgIpc) is 3.39. The van der Waals surface area contributed by atoms with E-state index in [9.17, 15) is 13.2 Å². The Kier molecular flexibility index (Phi) is 5.68. The van der Waals surface area contributed by atoms with E-state index < -0.39 is 10.0 Å². The van der Waals surface area contributed by atoms with E-state index >= 15 is 0 Å². The van der Waals surface area contributed by atoms with Crippen molar-refractivity contribution in [1.82, 2.24) is 9.21 Å². The number of nitrogens with one attached hydrogen (secondary N) is 1. The predicted octanol–water partition coefficient (Wildman–Crippen LogP) is 2.10. The first kappa shape index (κ1) is 19.4. The van der Waals surface area contributed by atoms with Gasteiger partial charge in [-0.1, -0.05) is 18.2 Å². The second-order valence-electron chi connectivity index (χ2n) is 6.88. The van der Waals surface area contributed by atoms with E-state index in [1.54, 1.807) is 16.3 Å². The Hall–Kier alpha value is -1.94. The third-order valence-corrected chi connectivity index (χ3v) is 8.00. The van der Waals surface area contributed by atoms with Crippen LogP contribution in [0.25, 0.3) is 0 Å². The van der Waals surface area contributed by atoms with Crippen LogP contribution in [-0.2, 0) is 14.8 Å². The van der Waals surface area contributed by atoms with Gasteiger partial charge in [0.1, 0.15) is 9.77 Å². The molecule has 1 aromatic heterocycles. The number of para-hydroxylation sites is 1. The molecule has 2 aromatic rings. The molecule has 0 aliphatic carbocycles. The number of thiophene rings is 1. The van der Waals surface area contributed by atoms with Gasteiger partial charge in [0.2, 0.25) is 10.0 Å². The molecule has 1 unspecified atom stereocenters. The number of rotatable bonds is 5. The molecule has 0 saturated carbocycles. The van der Waals surface area contributed by atoms with Crippen LogP contribution in [-0.4, -0.2) is 69.0 Å². The zero-order valence-electron chi connectivity index (χ0n) is 15.4. The fraction of sp³-hybridized carbons (Fsp3) is 0.421. The number of carbonyl (C=O) groups excluding carboxylic acids is 1. The van der Waals surface area contributed by atoms with Gasteiger partial charge in [0.15, 0.2) is 0 Å². The van der Waals surface area contributed by atoms with Gasteiger partial charge >= 0.3 is 0 Å². The van der Waals surface area contributed by atoms with Crippen LogP contribution in [0.15, 0.2) is 46.7 Å². The highest BCUT2D eigenvalue weighted by Gasteiger charge is 2.34. The van der Waals surface area contributed by atoms with Crippen molar-refractivity contribution in [1.29, 1.82) is 0 Å². The minimum Gasteiger partial charge on any atom is -0.380 e. The molecule has 0 radical (unpaired) electrons. The Morgan fingerprint density at radius 2 is 1.86 bits per heavy atom. The molecule has 0 bridgehead atoms. The Morgan fingerprint density at radius 3 is 2.61 bits per heavy atom. The standard InChI is InChI=1S/C19H23N3O4S2/c23-19(21-8-6-16(14-21)20-15-4-2-1-3-5-15)18-17(7-13-27-18)28(24,25)22-9-11-26-12-10-22/h1-5,7,13,16,20H,6,8-12,14H2. The molecule has 7 nitrogen and oxygen atoms in total. The quantitative estimate of drug-likeness (QED) is 0.800. The number of likely N-dealkylation sites (tertiary alicyclic amines) is 1. The minimum atomic E-state index is -3.69. The summed E-state index contributed by atoms with van der Waals surface area (Å²) in [6.45, 7) is 2.56. The van der Waals surface area contributed by atoms with Crippen molar-refractivity contribution in [3.05, 3.63) is 46.7 Å². The molecule has 1 amide bonds. The Balaban J connectivity index is 1.47. The van der Waals surface area contributed by atoms with Crippen LogP contribution in [0.4, 0.5) is 5.69 Å². The molecule has 28 heavy (non-hydrogen) atoms. The Morgan fingerprint density at radius 1 is 1.11 bits per heavy atom. The molecule has 150 valence electrons. The number of ether oxygens (including phenoxy) is 1. The van der Waals surface area contributed by atoms with E-state index in [0.717, 1.165) is 12.1 Å². The van der Waals surface area contributed by atoms with Crippen molar-refractivity contribution in [2.45, 2.75) is 17.4 Å². The van der Waals surface area contributed by atoms with Gasteiger partial charge in [-0.05, 0) is 30.0 Å². The summed E-state index contributed by atoms with van der Waals surface area (Å²) in [6, 6.07) is 11.6. The first-order valence-corrected chi connectivity index (χ1v) is 11.6. The van der Waals surface area contributed by atoms with Gasteiger partial charge in [0, 0.05) is 37.9 Å². The number of amides is 1. The summed E-state index contributed by atoms with van der Waals surface area (Å²) in [5.41, 5.74) is 1.02. The summed E-state index contributed by atoms with van der Waals surface area (Å²) < 4.78 is 32.6. The largest absolute Gasteiger partial charge is 0.380 e. The normalized spacial score (nSPS) is 21.0. The molecule has 2 aliphatic heterocycles. The molecule has 0 spiro atoms. The summed E-state index contributed by atoms with van der Waals surface area (Å²) in [5, 5.41) is 5.11.